The molecule has 0 saturated carbocycles. The van der Waals surface area contributed by atoms with Crippen LogP contribution in [0.5, 0.6) is 0 Å². The van der Waals surface area contributed by atoms with Gasteiger partial charge in [0, 0.05) is 23.5 Å². The fourth-order valence-electron chi connectivity index (χ4n) is 1.80. The Morgan fingerprint density at radius 1 is 0.895 bits per heavy atom. The minimum absolute atomic E-state index is 0.325. The van der Waals surface area contributed by atoms with Crippen molar-refractivity contribution in [2.45, 2.75) is 0 Å². The maximum atomic E-state index is 10.6. The number of furan rings is 1. The number of aldehydes is 1. The highest BCUT2D eigenvalue weighted by atomic mass is 16.3. The van der Waals surface area contributed by atoms with Gasteiger partial charge < -0.3 is 4.42 Å². The van der Waals surface area contributed by atoms with Gasteiger partial charge in [-0.05, 0) is 18.2 Å². The maximum Gasteiger partial charge on any atom is 0.185 e. The van der Waals surface area contributed by atoms with Crippen molar-refractivity contribution < 1.29 is 9.21 Å². The summed E-state index contributed by atoms with van der Waals surface area (Å²) in [6.07, 6.45) is 4.11. The smallest absolute Gasteiger partial charge is 0.185 e. The highest BCUT2D eigenvalue weighted by Gasteiger charge is 2.05. The van der Waals surface area contributed by atoms with Crippen molar-refractivity contribution in [2.75, 3.05) is 0 Å². The van der Waals surface area contributed by atoms with Crippen molar-refractivity contribution in [3.8, 4) is 22.7 Å². The number of carbonyl (C=O) groups excluding carboxylic acids is 1. The number of hydrogen-bond acceptors (Lipinski definition) is 4. The molecule has 1 aromatic carbocycles. The third-order valence-corrected chi connectivity index (χ3v) is 2.74. The van der Waals surface area contributed by atoms with E-state index in [2.05, 4.69) is 9.97 Å². The molecule has 3 rings (SSSR count). The molecule has 0 radical (unpaired) electrons. The molecule has 0 bridgehead atoms. The van der Waals surface area contributed by atoms with Crippen LogP contribution in [-0.4, -0.2) is 16.3 Å². The lowest BCUT2D eigenvalue weighted by Gasteiger charge is -2.01. The highest BCUT2D eigenvalue weighted by molar-refractivity contribution is 5.73. The normalized spacial score (nSPS) is 10.3. The number of rotatable bonds is 3. The Bertz CT molecular complexity index is 688. The Kier molecular flexibility index (Phi) is 2.90. The second-order valence-corrected chi connectivity index (χ2v) is 3.97. The first-order valence-electron chi connectivity index (χ1n) is 5.79. The number of carbonyl (C=O) groups is 1. The van der Waals surface area contributed by atoms with E-state index in [0.717, 1.165) is 11.1 Å². The standard InChI is InChI=1S/C15H10N2O2/c18-10-13-6-7-14(19-13)11-2-4-12(5-3-11)15-16-8-1-9-17-15/h1-10H. The van der Waals surface area contributed by atoms with Crippen LogP contribution >= 0.6 is 0 Å². The summed E-state index contributed by atoms with van der Waals surface area (Å²) in [6, 6.07) is 12.9. The highest BCUT2D eigenvalue weighted by Crippen LogP contribution is 2.24. The van der Waals surface area contributed by atoms with Crippen LogP contribution in [0.4, 0.5) is 0 Å². The van der Waals surface area contributed by atoms with Crippen LogP contribution in [0.15, 0.2) is 59.3 Å². The van der Waals surface area contributed by atoms with E-state index >= 15 is 0 Å². The molecule has 0 N–H and O–H groups in total. The first kappa shape index (κ1) is 11.3. The molecule has 4 heteroatoms. The Morgan fingerprint density at radius 3 is 2.21 bits per heavy atom. The summed E-state index contributed by atoms with van der Waals surface area (Å²) >= 11 is 0. The molecule has 2 aromatic heterocycles. The summed E-state index contributed by atoms with van der Waals surface area (Å²) in [7, 11) is 0. The Balaban J connectivity index is 1.92. The van der Waals surface area contributed by atoms with Crippen LogP contribution < -0.4 is 0 Å². The van der Waals surface area contributed by atoms with Crippen molar-refractivity contribution in [3.05, 3.63) is 60.6 Å². The van der Waals surface area contributed by atoms with E-state index in [1.165, 1.54) is 0 Å². The summed E-state index contributed by atoms with van der Waals surface area (Å²) in [5.41, 5.74) is 1.85. The van der Waals surface area contributed by atoms with Gasteiger partial charge in [0.05, 0.1) is 0 Å². The fourth-order valence-corrected chi connectivity index (χ4v) is 1.80. The van der Waals surface area contributed by atoms with Crippen LogP contribution in [0, 0.1) is 0 Å². The second-order valence-electron chi connectivity index (χ2n) is 3.97. The zero-order chi connectivity index (χ0) is 13.1. The van der Waals surface area contributed by atoms with E-state index < -0.39 is 0 Å². The summed E-state index contributed by atoms with van der Waals surface area (Å²) in [6.45, 7) is 0. The largest absolute Gasteiger partial charge is 0.453 e. The predicted molar refractivity (Wildman–Crippen MR) is 70.6 cm³/mol. The van der Waals surface area contributed by atoms with E-state index in [1.807, 2.05) is 24.3 Å². The molecule has 0 saturated heterocycles. The summed E-state index contributed by atoms with van der Waals surface area (Å²) in [5.74, 6) is 1.68. The van der Waals surface area contributed by atoms with Gasteiger partial charge in [-0.15, -0.1) is 0 Å². The molecule has 19 heavy (non-hydrogen) atoms. The van der Waals surface area contributed by atoms with Crippen molar-refractivity contribution in [1.82, 2.24) is 9.97 Å². The first-order chi connectivity index (χ1) is 9.36. The molecule has 0 aliphatic rings. The number of benzene rings is 1. The molecular weight excluding hydrogens is 240 g/mol. The predicted octanol–water partition coefficient (Wildman–Crippen LogP) is 3.22. The summed E-state index contributed by atoms with van der Waals surface area (Å²) in [4.78, 5) is 19.0. The minimum atomic E-state index is 0.325. The molecular formula is C15H10N2O2. The minimum Gasteiger partial charge on any atom is -0.453 e. The molecule has 0 unspecified atom stereocenters. The van der Waals surface area contributed by atoms with Crippen LogP contribution in [0.3, 0.4) is 0 Å². The Hall–Kier alpha value is -2.75. The molecule has 0 aliphatic heterocycles. The number of aromatic nitrogens is 2. The molecule has 0 aliphatic carbocycles. The quantitative estimate of drug-likeness (QED) is 0.670. The lowest BCUT2D eigenvalue weighted by molar-refractivity contribution is 0.110. The lowest BCUT2D eigenvalue weighted by atomic mass is 10.1. The SMILES string of the molecule is O=Cc1ccc(-c2ccc(-c3ncccn3)cc2)o1. The average Bonchev–Trinajstić information content (AvgIpc) is 2.97. The number of nitrogens with zero attached hydrogens (tertiary/aromatic N) is 2. The lowest BCUT2D eigenvalue weighted by Crippen LogP contribution is -1.86. The van der Waals surface area contributed by atoms with E-state index in [4.69, 9.17) is 4.42 Å². The summed E-state index contributed by atoms with van der Waals surface area (Å²) in [5, 5.41) is 0. The summed E-state index contributed by atoms with van der Waals surface area (Å²) < 4.78 is 5.37. The van der Waals surface area contributed by atoms with Crippen molar-refractivity contribution in [3.63, 3.8) is 0 Å². The second kappa shape index (κ2) is 4.86. The van der Waals surface area contributed by atoms with Crippen molar-refractivity contribution >= 4 is 6.29 Å². The van der Waals surface area contributed by atoms with Crippen LogP contribution in [-0.2, 0) is 0 Å². The zero-order valence-electron chi connectivity index (χ0n) is 9.98. The molecule has 3 aromatic rings. The van der Waals surface area contributed by atoms with Gasteiger partial charge in [-0.2, -0.15) is 0 Å². The first-order valence-corrected chi connectivity index (χ1v) is 5.79. The monoisotopic (exact) mass is 250 g/mol. The molecule has 0 fully saturated rings. The van der Waals surface area contributed by atoms with Crippen LogP contribution in [0.25, 0.3) is 22.7 Å². The van der Waals surface area contributed by atoms with Crippen molar-refractivity contribution in [1.29, 1.82) is 0 Å². The Morgan fingerprint density at radius 2 is 1.58 bits per heavy atom. The van der Waals surface area contributed by atoms with Gasteiger partial charge in [-0.3, -0.25) is 4.79 Å². The Labute approximate surface area is 109 Å². The van der Waals surface area contributed by atoms with Crippen LogP contribution in [0.2, 0.25) is 0 Å². The van der Waals surface area contributed by atoms with Gasteiger partial charge in [0.25, 0.3) is 0 Å². The topological polar surface area (TPSA) is 56.0 Å². The van der Waals surface area contributed by atoms with E-state index in [-0.39, 0.29) is 0 Å². The number of hydrogen-bond donors (Lipinski definition) is 0. The third-order valence-electron chi connectivity index (χ3n) is 2.74. The van der Waals surface area contributed by atoms with Gasteiger partial charge in [0.15, 0.2) is 17.9 Å². The molecule has 0 spiro atoms. The molecule has 2 heterocycles. The maximum absolute atomic E-state index is 10.6. The molecule has 0 amide bonds. The zero-order valence-corrected chi connectivity index (χ0v) is 9.98. The van der Waals surface area contributed by atoms with E-state index in [9.17, 15) is 4.79 Å². The molecule has 0 atom stereocenters. The van der Waals surface area contributed by atoms with Crippen molar-refractivity contribution in [2.24, 2.45) is 0 Å². The van der Waals surface area contributed by atoms with Gasteiger partial charge in [-0.1, -0.05) is 24.3 Å². The van der Waals surface area contributed by atoms with Gasteiger partial charge in [0.1, 0.15) is 5.76 Å². The molecule has 92 valence electrons. The third kappa shape index (κ3) is 2.28. The van der Waals surface area contributed by atoms with E-state index in [0.29, 0.717) is 23.6 Å². The molecule has 4 nitrogen and oxygen atoms in total. The average molecular weight is 250 g/mol. The van der Waals surface area contributed by atoms with Crippen LogP contribution in [0.1, 0.15) is 10.6 Å². The van der Waals surface area contributed by atoms with Gasteiger partial charge in [0.2, 0.25) is 0 Å². The van der Waals surface area contributed by atoms with Gasteiger partial charge in [-0.25, -0.2) is 9.97 Å². The van der Waals surface area contributed by atoms with E-state index in [1.54, 1.807) is 30.6 Å². The fraction of sp³-hybridized carbons (Fsp3) is 0. The van der Waals surface area contributed by atoms with Gasteiger partial charge >= 0.3 is 0 Å².